The van der Waals surface area contributed by atoms with Gasteiger partial charge in [0.2, 0.25) is 0 Å². The molecule has 0 aliphatic heterocycles. The first-order valence-corrected chi connectivity index (χ1v) is 8.09. The van der Waals surface area contributed by atoms with Crippen LogP contribution in [0.15, 0.2) is 46.9 Å². The van der Waals surface area contributed by atoms with Crippen LogP contribution in [-0.2, 0) is 0 Å². The summed E-state index contributed by atoms with van der Waals surface area (Å²) in [4.78, 5) is 0. The Morgan fingerprint density at radius 2 is 1.86 bits per heavy atom. The second-order valence-corrected chi connectivity index (χ2v) is 6.50. The molecular formula is C18H19BrO2. The molecular weight excluding hydrogens is 328 g/mol. The maximum absolute atomic E-state index is 10.6. The smallest absolute Gasteiger partial charge is 0.125 e. The molecule has 1 saturated carbocycles. The molecule has 3 heteroatoms. The molecule has 0 amide bonds. The zero-order chi connectivity index (χ0) is 14.8. The van der Waals surface area contributed by atoms with Crippen molar-refractivity contribution in [3.8, 4) is 5.75 Å². The molecule has 1 unspecified atom stereocenters. The van der Waals surface area contributed by atoms with Gasteiger partial charge in [-0.05, 0) is 48.1 Å². The molecule has 2 nitrogen and oxygen atoms in total. The summed E-state index contributed by atoms with van der Waals surface area (Å²) in [5.41, 5.74) is 3.07. The van der Waals surface area contributed by atoms with E-state index in [1.54, 1.807) is 7.11 Å². The summed E-state index contributed by atoms with van der Waals surface area (Å²) in [6.07, 6.45) is 3.25. The van der Waals surface area contributed by atoms with Crippen LogP contribution in [0.2, 0.25) is 0 Å². The fourth-order valence-electron chi connectivity index (χ4n) is 2.79. The van der Waals surface area contributed by atoms with Crippen LogP contribution >= 0.6 is 15.9 Å². The lowest BCUT2D eigenvalue weighted by Crippen LogP contribution is -2.09. The zero-order valence-electron chi connectivity index (χ0n) is 12.1. The highest BCUT2D eigenvalue weighted by Crippen LogP contribution is 2.37. The van der Waals surface area contributed by atoms with Crippen LogP contribution in [0.5, 0.6) is 5.75 Å². The summed E-state index contributed by atoms with van der Waals surface area (Å²) in [5, 5.41) is 10.6. The lowest BCUT2D eigenvalue weighted by Gasteiger charge is -2.26. The van der Waals surface area contributed by atoms with Crippen molar-refractivity contribution in [3.05, 3.63) is 63.6 Å². The van der Waals surface area contributed by atoms with Crippen LogP contribution < -0.4 is 4.74 Å². The topological polar surface area (TPSA) is 29.5 Å². The van der Waals surface area contributed by atoms with E-state index in [1.807, 2.05) is 30.3 Å². The van der Waals surface area contributed by atoms with Gasteiger partial charge in [0.15, 0.2) is 0 Å². The molecule has 1 atom stereocenters. The maximum Gasteiger partial charge on any atom is 0.125 e. The fourth-order valence-corrected chi connectivity index (χ4v) is 3.17. The van der Waals surface area contributed by atoms with Gasteiger partial charge in [0.25, 0.3) is 0 Å². The number of hydrogen-bond acceptors (Lipinski definition) is 2. The normalized spacial score (nSPS) is 16.3. The van der Waals surface area contributed by atoms with Crippen molar-refractivity contribution in [3.63, 3.8) is 0 Å². The van der Waals surface area contributed by atoms with Crippen LogP contribution in [0.1, 0.15) is 48.0 Å². The highest BCUT2D eigenvalue weighted by molar-refractivity contribution is 9.10. The predicted octanol–water partition coefficient (Wildman–Crippen LogP) is 4.81. The molecule has 1 aliphatic carbocycles. The summed E-state index contributed by atoms with van der Waals surface area (Å²) >= 11 is 3.45. The third-order valence-electron chi connectivity index (χ3n) is 4.32. The number of rotatable bonds is 4. The van der Waals surface area contributed by atoms with Crippen LogP contribution in [0.4, 0.5) is 0 Å². The molecule has 0 spiro atoms. The number of aliphatic hydroxyl groups is 1. The summed E-state index contributed by atoms with van der Waals surface area (Å²) in [5.74, 6) is 1.42. The van der Waals surface area contributed by atoms with Crippen molar-refractivity contribution in [2.24, 2.45) is 0 Å². The molecule has 0 bridgehead atoms. The van der Waals surface area contributed by atoms with Crippen LogP contribution in [0.25, 0.3) is 0 Å². The first-order chi connectivity index (χ1) is 10.2. The Labute approximate surface area is 133 Å². The van der Waals surface area contributed by atoms with Gasteiger partial charge in [0.1, 0.15) is 11.9 Å². The number of hydrogen-bond donors (Lipinski definition) is 1. The monoisotopic (exact) mass is 346 g/mol. The Hall–Kier alpha value is -1.32. The van der Waals surface area contributed by atoms with Crippen molar-refractivity contribution in [2.75, 3.05) is 7.11 Å². The molecule has 0 saturated heterocycles. The Kier molecular flexibility index (Phi) is 4.32. The first-order valence-electron chi connectivity index (χ1n) is 7.30. The average Bonchev–Trinajstić information content (AvgIpc) is 2.45. The van der Waals surface area contributed by atoms with E-state index in [2.05, 4.69) is 28.1 Å². The van der Waals surface area contributed by atoms with Gasteiger partial charge in [-0.15, -0.1) is 0 Å². The lowest BCUT2D eigenvalue weighted by atomic mass is 9.80. The van der Waals surface area contributed by atoms with E-state index in [1.165, 1.54) is 24.8 Å². The van der Waals surface area contributed by atoms with Gasteiger partial charge in [0, 0.05) is 10.0 Å². The second kappa shape index (κ2) is 6.20. The summed E-state index contributed by atoms with van der Waals surface area (Å²) in [6, 6.07) is 14.0. The molecule has 1 aliphatic rings. The van der Waals surface area contributed by atoms with Crippen LogP contribution in [0.3, 0.4) is 0 Å². The SMILES string of the molecule is COc1ccc(Br)cc1C(O)c1ccc(C2CCC2)cc1. The Bertz CT molecular complexity index is 618. The van der Waals surface area contributed by atoms with E-state index in [4.69, 9.17) is 4.74 Å². The summed E-state index contributed by atoms with van der Waals surface area (Å²) < 4.78 is 6.28. The molecule has 1 N–H and O–H groups in total. The minimum Gasteiger partial charge on any atom is -0.496 e. The molecule has 0 radical (unpaired) electrons. The van der Waals surface area contributed by atoms with Gasteiger partial charge in [0.05, 0.1) is 7.11 Å². The average molecular weight is 347 g/mol. The highest BCUT2D eigenvalue weighted by Gasteiger charge is 2.20. The third-order valence-corrected chi connectivity index (χ3v) is 4.81. The molecule has 2 aromatic carbocycles. The highest BCUT2D eigenvalue weighted by atomic mass is 79.9. The van der Waals surface area contributed by atoms with E-state index in [-0.39, 0.29) is 0 Å². The van der Waals surface area contributed by atoms with Gasteiger partial charge in [-0.1, -0.05) is 46.6 Å². The number of benzene rings is 2. The molecule has 1 fully saturated rings. The number of methoxy groups -OCH3 is 1. The van der Waals surface area contributed by atoms with Gasteiger partial charge in [-0.3, -0.25) is 0 Å². The second-order valence-electron chi connectivity index (χ2n) is 5.58. The molecule has 2 aromatic rings. The minimum absolute atomic E-state index is 0.673. The van der Waals surface area contributed by atoms with Gasteiger partial charge < -0.3 is 9.84 Å². The molecule has 3 rings (SSSR count). The van der Waals surface area contributed by atoms with E-state index in [0.29, 0.717) is 5.75 Å². The first kappa shape index (κ1) is 14.6. The molecule has 21 heavy (non-hydrogen) atoms. The number of ether oxygens (including phenoxy) is 1. The number of aliphatic hydroxyl groups excluding tert-OH is 1. The summed E-state index contributed by atoms with van der Waals surface area (Å²) in [6.45, 7) is 0. The van der Waals surface area contributed by atoms with Gasteiger partial charge in [-0.25, -0.2) is 0 Å². The van der Waals surface area contributed by atoms with Gasteiger partial charge in [-0.2, -0.15) is 0 Å². The molecule has 0 aromatic heterocycles. The Morgan fingerprint density at radius 3 is 2.43 bits per heavy atom. The predicted molar refractivity (Wildman–Crippen MR) is 87.8 cm³/mol. The quantitative estimate of drug-likeness (QED) is 0.860. The van der Waals surface area contributed by atoms with Crippen molar-refractivity contribution >= 4 is 15.9 Å². The zero-order valence-corrected chi connectivity index (χ0v) is 13.6. The summed E-state index contributed by atoms with van der Waals surface area (Å²) in [7, 11) is 1.62. The lowest BCUT2D eigenvalue weighted by molar-refractivity contribution is 0.214. The maximum atomic E-state index is 10.6. The van der Waals surface area contributed by atoms with Crippen molar-refractivity contribution in [2.45, 2.75) is 31.3 Å². The molecule has 110 valence electrons. The van der Waals surface area contributed by atoms with E-state index >= 15 is 0 Å². The van der Waals surface area contributed by atoms with Gasteiger partial charge >= 0.3 is 0 Å². The van der Waals surface area contributed by atoms with Crippen LogP contribution in [0, 0.1) is 0 Å². The Morgan fingerprint density at radius 1 is 1.14 bits per heavy atom. The van der Waals surface area contributed by atoms with E-state index in [0.717, 1.165) is 21.5 Å². The van der Waals surface area contributed by atoms with E-state index < -0.39 is 6.10 Å². The largest absolute Gasteiger partial charge is 0.496 e. The Balaban J connectivity index is 1.87. The third kappa shape index (κ3) is 2.99. The van der Waals surface area contributed by atoms with Crippen molar-refractivity contribution in [1.29, 1.82) is 0 Å². The fraction of sp³-hybridized carbons (Fsp3) is 0.333. The van der Waals surface area contributed by atoms with E-state index in [9.17, 15) is 5.11 Å². The minimum atomic E-state index is -0.673. The molecule has 0 heterocycles. The van der Waals surface area contributed by atoms with Crippen molar-refractivity contribution in [1.82, 2.24) is 0 Å². The number of halogens is 1. The van der Waals surface area contributed by atoms with Crippen LogP contribution in [-0.4, -0.2) is 12.2 Å². The standard InChI is InChI=1S/C18H19BrO2/c1-21-17-10-9-15(19)11-16(17)18(20)14-7-5-13(6-8-14)12-3-2-4-12/h5-12,18,20H,2-4H2,1H3. The van der Waals surface area contributed by atoms with Crippen molar-refractivity contribution < 1.29 is 9.84 Å².